The zero-order valence-corrected chi connectivity index (χ0v) is 16.2. The lowest BCUT2D eigenvalue weighted by Crippen LogP contribution is -2.48. The number of hydrazine groups is 1. The van der Waals surface area contributed by atoms with Crippen molar-refractivity contribution in [1.82, 2.24) is 30.9 Å². The van der Waals surface area contributed by atoms with Gasteiger partial charge in [0.2, 0.25) is 0 Å². The van der Waals surface area contributed by atoms with Gasteiger partial charge in [-0.25, -0.2) is 9.67 Å². The molecule has 2 rings (SSSR count). The van der Waals surface area contributed by atoms with Crippen LogP contribution in [0.2, 0.25) is 0 Å². The Bertz CT molecular complexity index is 1030. The summed E-state index contributed by atoms with van der Waals surface area (Å²) in [5.74, 6) is -3.81. The number of aliphatic hydroxyl groups is 1. The molecule has 10 nitrogen and oxygen atoms in total. The Morgan fingerprint density at radius 3 is 2.12 bits per heavy atom. The van der Waals surface area contributed by atoms with Gasteiger partial charge in [0.1, 0.15) is 6.33 Å². The van der Waals surface area contributed by atoms with Crippen molar-refractivity contribution in [2.24, 2.45) is 0 Å². The Balaban J connectivity index is 2.12. The molecule has 4 N–H and O–H groups in total. The highest BCUT2D eigenvalue weighted by Crippen LogP contribution is 2.37. The normalized spacial score (nSPS) is 12.0. The van der Waals surface area contributed by atoms with Gasteiger partial charge in [0, 0.05) is 24.4 Å². The van der Waals surface area contributed by atoms with E-state index in [0.717, 1.165) is 23.3 Å². The van der Waals surface area contributed by atoms with Crippen LogP contribution in [0.5, 0.6) is 0 Å². The van der Waals surface area contributed by atoms with Gasteiger partial charge >= 0.3 is 24.2 Å². The summed E-state index contributed by atoms with van der Waals surface area (Å²) < 4.78 is 78.6. The molecular formula is C17H14F6N6O4. The summed E-state index contributed by atoms with van der Waals surface area (Å²) in [4.78, 5) is 37.9. The van der Waals surface area contributed by atoms with Crippen molar-refractivity contribution in [3.63, 3.8) is 0 Å². The Labute approximate surface area is 180 Å². The van der Waals surface area contributed by atoms with E-state index in [2.05, 4.69) is 10.1 Å². The molecule has 0 bridgehead atoms. The van der Waals surface area contributed by atoms with E-state index in [-0.39, 0.29) is 12.6 Å². The molecule has 178 valence electrons. The molecular weight excluding hydrogens is 466 g/mol. The minimum absolute atomic E-state index is 0.0386. The summed E-state index contributed by atoms with van der Waals surface area (Å²) in [5.41, 5.74) is -0.0546. The van der Waals surface area contributed by atoms with E-state index in [4.69, 9.17) is 5.11 Å². The van der Waals surface area contributed by atoms with Gasteiger partial charge in [0.05, 0.1) is 17.7 Å². The van der Waals surface area contributed by atoms with Gasteiger partial charge in [-0.05, 0) is 18.2 Å². The fourth-order valence-corrected chi connectivity index (χ4v) is 2.17. The molecule has 0 aliphatic heterocycles. The second-order valence-corrected chi connectivity index (χ2v) is 6.08. The number of hydrogen-bond donors (Lipinski definition) is 4. The SMILES string of the molecule is O=C(C=Cn1cnc(-c2cc(C(F)(F)F)cc(C(F)(F)F)c2)n1)NNC(=O)C(=O)NCCO. The number of nitrogens with zero attached hydrogens (tertiary/aromatic N) is 3. The molecule has 0 aliphatic rings. The molecule has 0 aliphatic carbocycles. The van der Waals surface area contributed by atoms with Crippen molar-refractivity contribution in [2.45, 2.75) is 12.4 Å². The van der Waals surface area contributed by atoms with E-state index >= 15 is 0 Å². The molecule has 16 heteroatoms. The summed E-state index contributed by atoms with van der Waals surface area (Å²) in [7, 11) is 0. The molecule has 0 fully saturated rings. The third-order valence-corrected chi connectivity index (χ3v) is 3.64. The number of alkyl halides is 6. The van der Waals surface area contributed by atoms with Crippen LogP contribution in [0.3, 0.4) is 0 Å². The molecule has 0 saturated carbocycles. The van der Waals surface area contributed by atoms with Crippen molar-refractivity contribution in [2.75, 3.05) is 13.2 Å². The van der Waals surface area contributed by atoms with E-state index in [0.29, 0.717) is 12.1 Å². The lowest BCUT2D eigenvalue weighted by molar-refractivity contribution is -0.143. The van der Waals surface area contributed by atoms with E-state index in [1.54, 1.807) is 5.43 Å². The van der Waals surface area contributed by atoms with E-state index < -0.39 is 59.2 Å². The predicted molar refractivity (Wildman–Crippen MR) is 97.2 cm³/mol. The third kappa shape index (κ3) is 7.30. The Hall–Kier alpha value is -3.95. The van der Waals surface area contributed by atoms with Gasteiger partial charge in [-0.3, -0.25) is 25.2 Å². The maximum atomic E-state index is 13.0. The van der Waals surface area contributed by atoms with Gasteiger partial charge in [0.25, 0.3) is 5.91 Å². The van der Waals surface area contributed by atoms with Gasteiger partial charge < -0.3 is 10.4 Å². The van der Waals surface area contributed by atoms with Crippen LogP contribution in [0, 0.1) is 0 Å². The van der Waals surface area contributed by atoms with Crippen molar-refractivity contribution in [3.05, 3.63) is 41.7 Å². The summed E-state index contributed by atoms with van der Waals surface area (Å²) in [6.45, 7) is -0.600. The zero-order valence-electron chi connectivity index (χ0n) is 16.2. The highest BCUT2D eigenvalue weighted by molar-refractivity contribution is 6.35. The van der Waals surface area contributed by atoms with Crippen LogP contribution in [0.25, 0.3) is 17.6 Å². The molecule has 0 spiro atoms. The molecule has 33 heavy (non-hydrogen) atoms. The molecule has 0 saturated heterocycles. The lowest BCUT2D eigenvalue weighted by Gasteiger charge is -2.13. The summed E-state index contributed by atoms with van der Waals surface area (Å²) in [6, 6.07) is 0.856. The molecule has 1 aromatic carbocycles. The first kappa shape index (κ1) is 25.3. The van der Waals surface area contributed by atoms with Crippen LogP contribution < -0.4 is 16.2 Å². The van der Waals surface area contributed by atoms with E-state index in [1.165, 1.54) is 0 Å². The number of amides is 3. The van der Waals surface area contributed by atoms with Crippen LogP contribution in [0.4, 0.5) is 26.3 Å². The first-order chi connectivity index (χ1) is 15.3. The van der Waals surface area contributed by atoms with E-state index in [9.17, 15) is 40.7 Å². The molecule has 1 aromatic heterocycles. The maximum Gasteiger partial charge on any atom is 0.416 e. The predicted octanol–water partition coefficient (Wildman–Crippen LogP) is 0.709. The Kier molecular flexibility index (Phi) is 7.76. The average Bonchev–Trinajstić information content (AvgIpc) is 3.21. The van der Waals surface area contributed by atoms with E-state index in [1.807, 2.05) is 10.7 Å². The van der Waals surface area contributed by atoms with Gasteiger partial charge in [-0.1, -0.05) is 0 Å². The molecule has 0 radical (unpaired) electrons. The van der Waals surface area contributed by atoms with Gasteiger partial charge in [-0.15, -0.1) is 5.10 Å². The second-order valence-electron chi connectivity index (χ2n) is 6.08. The highest BCUT2D eigenvalue weighted by atomic mass is 19.4. The molecule has 0 atom stereocenters. The fourth-order valence-electron chi connectivity index (χ4n) is 2.17. The number of benzene rings is 1. The molecule has 2 aromatic rings. The summed E-state index contributed by atoms with van der Waals surface area (Å²) in [6.07, 6.45) is -7.47. The topological polar surface area (TPSA) is 138 Å². The van der Waals surface area contributed by atoms with Crippen LogP contribution in [-0.4, -0.2) is 50.7 Å². The van der Waals surface area contributed by atoms with Crippen molar-refractivity contribution in [3.8, 4) is 11.4 Å². The number of carbonyl (C=O) groups excluding carboxylic acids is 3. The van der Waals surface area contributed by atoms with Gasteiger partial charge in [-0.2, -0.15) is 26.3 Å². The van der Waals surface area contributed by atoms with Crippen molar-refractivity contribution >= 4 is 23.9 Å². The Morgan fingerprint density at radius 2 is 1.58 bits per heavy atom. The zero-order chi connectivity index (χ0) is 24.8. The number of carbonyl (C=O) groups is 3. The first-order valence-electron chi connectivity index (χ1n) is 8.69. The number of aliphatic hydroxyl groups excluding tert-OH is 1. The summed E-state index contributed by atoms with van der Waals surface area (Å²) in [5, 5.41) is 14.2. The fraction of sp³-hybridized carbons (Fsp3) is 0.235. The molecule has 1 heterocycles. The number of hydrogen-bond acceptors (Lipinski definition) is 6. The molecule has 0 unspecified atom stereocenters. The lowest BCUT2D eigenvalue weighted by atomic mass is 10.0. The highest BCUT2D eigenvalue weighted by Gasteiger charge is 2.37. The molecule has 3 amide bonds. The third-order valence-electron chi connectivity index (χ3n) is 3.64. The van der Waals surface area contributed by atoms with Crippen LogP contribution >= 0.6 is 0 Å². The van der Waals surface area contributed by atoms with Crippen LogP contribution in [-0.2, 0) is 26.7 Å². The van der Waals surface area contributed by atoms with Crippen molar-refractivity contribution < 1.29 is 45.8 Å². The maximum absolute atomic E-state index is 13.0. The standard InChI is InChI=1S/C17H14F6N6O4/c18-16(19,20)10-5-9(6-11(7-10)17(21,22)23)13-25-8-29(28-13)3-1-12(31)26-27-15(33)14(32)24-2-4-30/h1,3,5-8,30H,2,4H2,(H,24,32)(H,26,31)(H,27,33). The number of nitrogens with one attached hydrogen (secondary N) is 3. The quantitative estimate of drug-likeness (QED) is 0.215. The second kappa shape index (κ2) is 10.1. The Morgan fingerprint density at radius 1 is 0.970 bits per heavy atom. The van der Waals surface area contributed by atoms with Crippen molar-refractivity contribution in [1.29, 1.82) is 0 Å². The minimum Gasteiger partial charge on any atom is -0.395 e. The number of aromatic nitrogens is 3. The smallest absolute Gasteiger partial charge is 0.395 e. The van der Waals surface area contributed by atoms with Gasteiger partial charge in [0.15, 0.2) is 5.82 Å². The largest absolute Gasteiger partial charge is 0.416 e. The monoisotopic (exact) mass is 480 g/mol. The van der Waals surface area contributed by atoms with Crippen LogP contribution in [0.15, 0.2) is 30.6 Å². The number of rotatable bonds is 5. The minimum atomic E-state index is -5.05. The van der Waals surface area contributed by atoms with Crippen LogP contribution in [0.1, 0.15) is 11.1 Å². The first-order valence-corrected chi connectivity index (χ1v) is 8.69. The number of halogens is 6. The summed E-state index contributed by atoms with van der Waals surface area (Å²) >= 11 is 0. The average molecular weight is 480 g/mol.